The van der Waals surface area contributed by atoms with Crippen LogP contribution in [-0.2, 0) is 28.5 Å². The van der Waals surface area contributed by atoms with Crippen LogP contribution in [-0.4, -0.2) is 162 Å². The first-order chi connectivity index (χ1) is 56.5. The molecule has 16 bridgehead atoms. The van der Waals surface area contributed by atoms with Gasteiger partial charge in [0.05, 0.1) is 97.2 Å². The molecule has 4 amide bonds. The van der Waals surface area contributed by atoms with Crippen molar-refractivity contribution in [2.24, 2.45) is 0 Å². The molecule has 5 aromatic rings. The monoisotopic (exact) mass is 1610 g/mol. The molecule has 0 spiro atoms. The second kappa shape index (κ2) is 35.6. The summed E-state index contributed by atoms with van der Waals surface area (Å²) < 4.78 is 25.6. The molecule has 0 saturated carbocycles. The zero-order chi connectivity index (χ0) is 84.7. The van der Waals surface area contributed by atoms with Gasteiger partial charge < -0.3 is 49.1 Å². The van der Waals surface area contributed by atoms with Crippen molar-refractivity contribution in [3.05, 3.63) is 171 Å². The van der Waals surface area contributed by atoms with Crippen LogP contribution in [0.5, 0.6) is 0 Å². The molecule has 9 aliphatic heterocycles. The number of carbonyl (C=O) groups excluding carboxylic acids is 5. The van der Waals surface area contributed by atoms with Crippen molar-refractivity contribution in [2.75, 3.05) is 32.9 Å². The van der Waals surface area contributed by atoms with Crippen molar-refractivity contribution in [2.45, 2.75) is 268 Å². The number of ether oxygens (including phenoxy) is 4. The number of carbonyl (C=O) groups is 6. The van der Waals surface area contributed by atoms with E-state index >= 15 is 0 Å². The summed E-state index contributed by atoms with van der Waals surface area (Å²) in [6.45, 7) is 36.0. The fourth-order valence-electron chi connectivity index (χ4n) is 18.0. The topological polar surface area (TPSA) is 356 Å². The maximum atomic E-state index is 14.9. The molecule has 14 rings (SSSR count). The number of imide groups is 2. The van der Waals surface area contributed by atoms with E-state index < -0.39 is 53.4 Å². The molecule has 26 nitrogen and oxygen atoms in total. The zero-order valence-corrected chi connectivity index (χ0v) is 71.3. The van der Waals surface area contributed by atoms with Crippen molar-refractivity contribution in [3.8, 4) is 0 Å². The van der Waals surface area contributed by atoms with E-state index in [1.54, 1.807) is 6.92 Å². The van der Waals surface area contributed by atoms with Crippen molar-refractivity contribution in [1.29, 1.82) is 0 Å². The predicted octanol–water partition coefficient (Wildman–Crippen LogP) is 16.9. The quantitative estimate of drug-likeness (QED) is 0.0146. The van der Waals surface area contributed by atoms with E-state index in [0.717, 1.165) is 164 Å². The number of H-pyrrole nitrogens is 5. The number of hydrogen-bond donors (Lipinski definition) is 7. The maximum absolute atomic E-state index is 14.9. The van der Waals surface area contributed by atoms with Gasteiger partial charge in [-0.25, -0.2) is 24.7 Å². The number of nitrogens with zero attached hydrogens (tertiary/aromatic N) is 7. The summed E-state index contributed by atoms with van der Waals surface area (Å²) in [7, 11) is 0. The van der Waals surface area contributed by atoms with Crippen LogP contribution in [0, 0.1) is 20.8 Å². The minimum Gasteiger partial charge on any atom is -0.481 e. The highest BCUT2D eigenvalue weighted by Gasteiger charge is 2.44. The SMILES string of the molecule is CCCCOC(C)C1=C(C)c2cc3[nH]c(c4c5[nH]c(cc6nc(cc1n2)C(C)=C6CC)c(C)c5C(=O)N(CCCC)C4=O)C(CCC(=O)O)C3C.CCCCOC(C)C1=C(C)c2cc3[nH]c(c4c5[nH]c(cc6nc(cc1n2)C(C)=C6CC)c(C)c5C(=O)N(CCCC)C4=O)C(CCC(=O)OCC1OC(n2cc(C)c(=O)[nH]c2=O)CC1O)C3C. The van der Waals surface area contributed by atoms with Gasteiger partial charge >= 0.3 is 17.6 Å². The second-order valence-corrected chi connectivity index (χ2v) is 32.8. The second-order valence-electron chi connectivity index (χ2n) is 32.8. The number of nitrogens with one attached hydrogen (secondary N) is 5. The van der Waals surface area contributed by atoms with Crippen LogP contribution in [0.1, 0.15) is 350 Å². The zero-order valence-electron chi connectivity index (χ0n) is 71.3. The number of aliphatic hydroxyl groups is 1. The number of unbranched alkanes of at least 4 members (excludes halogenated alkanes) is 4. The summed E-state index contributed by atoms with van der Waals surface area (Å²) in [5, 5.41) is 20.6. The Hall–Kier alpha value is -10.5. The van der Waals surface area contributed by atoms with Gasteiger partial charge in [0.25, 0.3) is 29.2 Å². The number of allylic oxidation sites excluding steroid dienone is 6. The first-order valence-electron chi connectivity index (χ1n) is 42.4. The number of fused-ring (bicyclic) bond motifs is 16. The Bertz CT molecular complexity index is 5620. The molecule has 0 radical (unpaired) electrons. The summed E-state index contributed by atoms with van der Waals surface area (Å²) in [6, 6.07) is 12.1. The molecule has 26 heteroatoms. The van der Waals surface area contributed by atoms with Crippen LogP contribution in [0.2, 0.25) is 0 Å². The standard InChI is InChI=1S/C51H63N7O9.C41H51N5O5/c1-10-13-17-57-49(62)44-29(8)36-20-37-31(12-3)26(5)33(52-37)21-38-43(30(9)65-18-14-11-2)28(7)35(53-38)19-34-27(6)32(46(54-34)45(50(57)63)47(44)55-36)15-16-42(60)66-24-40-39(59)22-41(67-40)58-23-25(4)48(61)56-51(58)64;1-9-12-16-46-40(49)36-24(7)31-19-32-26(11-3)21(4)28(42-32)20-33-35(25(8)51-17-13-10-2)23(6)30(43-33)18-29-22(5)27(14-15-34(47)48)38(44-29)37(41(46)50)39(36)45-31/h19-21,23,27,30,32,39-41,54-55,59H,10-18,22,24H2,1-9H3,(H,56,61,64);18-20,22,25,27,44-45H,9-17H2,1-8H3,(H,47,48). The van der Waals surface area contributed by atoms with Gasteiger partial charge in [0.1, 0.15) is 18.9 Å². The van der Waals surface area contributed by atoms with Gasteiger partial charge in [-0.3, -0.25) is 52.9 Å². The number of aliphatic hydroxyl groups excluding tert-OH is 1. The normalized spacial score (nSPS) is 20.2. The Morgan fingerprint density at radius 1 is 0.534 bits per heavy atom. The Balaban J connectivity index is 0.000000212. The Kier molecular flexibility index (Phi) is 25.7. The number of hydrogen-bond acceptors (Lipinski definition) is 17. The Labute approximate surface area is 687 Å². The van der Waals surface area contributed by atoms with E-state index in [1.165, 1.54) is 20.6 Å². The van der Waals surface area contributed by atoms with Gasteiger partial charge in [-0.1, -0.05) is 81.1 Å². The van der Waals surface area contributed by atoms with Crippen LogP contribution in [0.15, 0.2) is 52.2 Å². The van der Waals surface area contributed by atoms with Crippen molar-refractivity contribution < 1.29 is 57.9 Å². The smallest absolute Gasteiger partial charge is 0.330 e. The lowest BCUT2D eigenvalue weighted by molar-refractivity contribution is -0.150. The van der Waals surface area contributed by atoms with Gasteiger partial charge in [0.2, 0.25) is 0 Å². The maximum Gasteiger partial charge on any atom is 0.330 e. The number of esters is 1. The Morgan fingerprint density at radius 2 is 0.958 bits per heavy atom. The number of carboxylic acids is 1. The molecule has 1 saturated heterocycles. The summed E-state index contributed by atoms with van der Waals surface area (Å²) in [6.07, 6.45) is 7.03. The molecule has 14 heterocycles. The lowest BCUT2D eigenvalue weighted by Gasteiger charge is -2.27. The average Bonchev–Trinajstić information content (AvgIpc) is 1.56. The average molecular weight is 1610 g/mol. The number of rotatable bonds is 27. The number of aromatic amines is 5. The molecular weight excluding hydrogens is 1500 g/mol. The lowest BCUT2D eigenvalue weighted by atomic mass is 9.84. The van der Waals surface area contributed by atoms with Gasteiger partial charge in [0.15, 0.2) is 0 Å². The highest BCUT2D eigenvalue weighted by Crippen LogP contribution is 2.49. The first kappa shape index (κ1) is 85.3. The molecule has 9 atom stereocenters. The molecule has 118 heavy (non-hydrogen) atoms. The van der Waals surface area contributed by atoms with Gasteiger partial charge in [-0.05, 0) is 195 Å². The number of aliphatic carboxylic acids is 1. The van der Waals surface area contributed by atoms with E-state index in [2.05, 4.69) is 114 Å². The van der Waals surface area contributed by atoms with E-state index in [4.69, 9.17) is 38.9 Å². The van der Waals surface area contributed by atoms with Gasteiger partial charge in [-0.2, -0.15) is 0 Å². The van der Waals surface area contributed by atoms with Gasteiger partial charge in [0, 0.05) is 126 Å². The summed E-state index contributed by atoms with van der Waals surface area (Å²) >= 11 is 0. The van der Waals surface area contributed by atoms with E-state index in [0.29, 0.717) is 100 Å². The highest BCUT2D eigenvalue weighted by atomic mass is 16.6. The summed E-state index contributed by atoms with van der Waals surface area (Å²) in [5.41, 5.74) is 22.0. The summed E-state index contributed by atoms with van der Waals surface area (Å²) in [5.74, 6) is -4.00. The molecule has 0 aliphatic carbocycles. The third-order valence-corrected chi connectivity index (χ3v) is 25.1. The highest BCUT2D eigenvalue weighted by molar-refractivity contribution is 6.24. The molecule has 9 aliphatic rings. The van der Waals surface area contributed by atoms with Crippen LogP contribution >= 0.6 is 0 Å². The molecule has 1 fully saturated rings. The Morgan fingerprint density at radius 3 is 1.39 bits per heavy atom. The molecule has 0 aromatic carbocycles. The largest absolute Gasteiger partial charge is 0.481 e. The minimum absolute atomic E-state index is 0.0404. The van der Waals surface area contributed by atoms with Crippen LogP contribution in [0.3, 0.4) is 0 Å². The van der Waals surface area contributed by atoms with Crippen LogP contribution in [0.4, 0.5) is 0 Å². The minimum atomic E-state index is -1.03. The molecule has 5 aromatic heterocycles. The predicted molar refractivity (Wildman–Crippen MR) is 456 cm³/mol. The van der Waals surface area contributed by atoms with Crippen LogP contribution in [0.25, 0.3) is 66.7 Å². The third kappa shape index (κ3) is 16.2. The van der Waals surface area contributed by atoms with Crippen molar-refractivity contribution in [3.63, 3.8) is 0 Å². The number of amides is 4. The van der Waals surface area contributed by atoms with Crippen molar-refractivity contribution >= 4 is 102 Å². The van der Waals surface area contributed by atoms with E-state index in [1.807, 2.05) is 58.0 Å². The third-order valence-electron chi connectivity index (χ3n) is 25.1. The number of aryl methyl sites for hydroxylation is 3. The molecule has 9 unspecified atom stereocenters. The fraction of sp³-hybridized carbons (Fsp3) is 0.500. The van der Waals surface area contributed by atoms with E-state index in [9.17, 15) is 48.6 Å². The fourth-order valence-corrected chi connectivity index (χ4v) is 18.0. The van der Waals surface area contributed by atoms with Crippen LogP contribution < -0.4 is 11.2 Å². The summed E-state index contributed by atoms with van der Waals surface area (Å²) in [4.78, 5) is 148. The number of carboxylic acid groups (broad SMARTS) is 1. The molecule has 626 valence electrons. The van der Waals surface area contributed by atoms with Crippen molar-refractivity contribution in [1.82, 2.24) is 59.2 Å². The van der Waals surface area contributed by atoms with E-state index in [-0.39, 0.29) is 86.5 Å². The first-order valence-corrected chi connectivity index (χ1v) is 42.4. The van der Waals surface area contributed by atoms with Gasteiger partial charge in [-0.15, -0.1) is 0 Å². The molecular formula is C92H114N12O14. The number of aromatic nitrogens is 10. The molecule has 7 N–H and O–H groups in total. The lowest BCUT2D eigenvalue weighted by Crippen LogP contribution is -2.41.